The lowest BCUT2D eigenvalue weighted by Gasteiger charge is -2.01. The molecule has 54 valence electrons. The molecule has 0 saturated heterocycles. The maximum atomic E-state index is 5.65. The molecule has 1 aromatic carbocycles. The van der Waals surface area contributed by atoms with Gasteiger partial charge in [0.05, 0.1) is 21.4 Å². The van der Waals surface area contributed by atoms with E-state index in [-0.39, 0.29) is 0 Å². The first-order valence-corrected chi connectivity index (χ1v) is 3.37. The van der Waals surface area contributed by atoms with Gasteiger partial charge in [-0.3, -0.25) is 0 Å². The maximum Gasteiger partial charge on any atom is 0.0842 e. The van der Waals surface area contributed by atoms with E-state index in [0.29, 0.717) is 21.4 Å². The highest BCUT2D eigenvalue weighted by Gasteiger charge is 2.03. The second-order valence-electron chi connectivity index (χ2n) is 1.87. The van der Waals surface area contributed by atoms with Crippen molar-refractivity contribution in [2.45, 2.75) is 0 Å². The molecular formula is C6H6Cl2N2. The Morgan fingerprint density at radius 1 is 0.900 bits per heavy atom. The van der Waals surface area contributed by atoms with Crippen LogP contribution in [0.1, 0.15) is 0 Å². The number of nitrogen functional groups attached to an aromatic ring is 2. The summed E-state index contributed by atoms with van der Waals surface area (Å²) in [6.07, 6.45) is 0. The van der Waals surface area contributed by atoms with E-state index in [1.165, 1.54) is 0 Å². The molecule has 0 spiro atoms. The second kappa shape index (κ2) is 2.56. The normalized spacial score (nSPS) is 9.80. The van der Waals surface area contributed by atoms with Crippen LogP contribution < -0.4 is 11.5 Å². The molecule has 0 unspecified atom stereocenters. The number of rotatable bonds is 0. The van der Waals surface area contributed by atoms with E-state index in [9.17, 15) is 0 Å². The summed E-state index contributed by atoms with van der Waals surface area (Å²) >= 11 is 11.3. The van der Waals surface area contributed by atoms with E-state index < -0.39 is 0 Å². The standard InChI is InChI=1S/C6H6Cl2N2/c7-5-3(9)1-2-4(10)6(5)8/h1-2H,9-10H2. The predicted molar refractivity (Wildman–Crippen MR) is 45.3 cm³/mol. The first kappa shape index (κ1) is 7.51. The van der Waals surface area contributed by atoms with Crippen molar-refractivity contribution in [2.75, 3.05) is 11.5 Å². The van der Waals surface area contributed by atoms with Gasteiger partial charge in [-0.2, -0.15) is 0 Å². The molecule has 0 atom stereocenters. The van der Waals surface area contributed by atoms with Crippen LogP contribution >= 0.6 is 23.2 Å². The number of anilines is 2. The summed E-state index contributed by atoms with van der Waals surface area (Å²) < 4.78 is 0. The molecule has 0 amide bonds. The van der Waals surface area contributed by atoms with Crippen molar-refractivity contribution in [2.24, 2.45) is 0 Å². The lowest BCUT2D eigenvalue weighted by atomic mass is 10.3. The molecule has 0 aliphatic rings. The molecule has 0 saturated carbocycles. The average Bonchev–Trinajstić information content (AvgIpc) is 1.93. The van der Waals surface area contributed by atoms with Crippen LogP contribution in [-0.2, 0) is 0 Å². The maximum absolute atomic E-state index is 5.65. The van der Waals surface area contributed by atoms with Crippen LogP contribution in [0.2, 0.25) is 10.0 Å². The molecule has 0 heterocycles. The molecule has 1 aromatic rings. The highest BCUT2D eigenvalue weighted by atomic mass is 35.5. The minimum atomic E-state index is 0.321. The van der Waals surface area contributed by atoms with E-state index in [1.54, 1.807) is 12.1 Å². The zero-order valence-corrected chi connectivity index (χ0v) is 6.58. The largest absolute Gasteiger partial charge is 0.397 e. The number of halogens is 2. The van der Waals surface area contributed by atoms with Crippen LogP contribution in [0.25, 0.3) is 0 Å². The molecule has 4 N–H and O–H groups in total. The third-order valence-corrected chi connectivity index (χ3v) is 2.05. The summed E-state index contributed by atoms with van der Waals surface area (Å²) in [5, 5.41) is 0.642. The summed E-state index contributed by atoms with van der Waals surface area (Å²) in [6, 6.07) is 3.23. The van der Waals surface area contributed by atoms with E-state index in [1.807, 2.05) is 0 Å². The van der Waals surface area contributed by atoms with Crippen LogP contribution in [0.4, 0.5) is 11.4 Å². The van der Waals surface area contributed by atoms with Crippen molar-refractivity contribution in [1.29, 1.82) is 0 Å². The van der Waals surface area contributed by atoms with Gasteiger partial charge in [0.2, 0.25) is 0 Å². The van der Waals surface area contributed by atoms with Crippen LogP contribution in [0, 0.1) is 0 Å². The fourth-order valence-electron chi connectivity index (χ4n) is 0.579. The van der Waals surface area contributed by atoms with Crippen LogP contribution in [0.3, 0.4) is 0 Å². The molecule has 0 aliphatic carbocycles. The Bertz CT molecular complexity index is 233. The summed E-state index contributed by atoms with van der Waals surface area (Å²) in [6.45, 7) is 0. The van der Waals surface area contributed by atoms with E-state index in [0.717, 1.165) is 0 Å². The minimum absolute atomic E-state index is 0.321. The highest BCUT2D eigenvalue weighted by Crippen LogP contribution is 2.32. The van der Waals surface area contributed by atoms with E-state index >= 15 is 0 Å². The van der Waals surface area contributed by atoms with Gasteiger partial charge in [0.25, 0.3) is 0 Å². The topological polar surface area (TPSA) is 52.0 Å². The summed E-state index contributed by atoms with van der Waals surface area (Å²) in [5.41, 5.74) is 11.7. The molecule has 10 heavy (non-hydrogen) atoms. The van der Waals surface area contributed by atoms with Gasteiger partial charge in [-0.1, -0.05) is 23.2 Å². The molecule has 4 heteroatoms. The Morgan fingerprint density at radius 2 is 1.20 bits per heavy atom. The fraction of sp³-hybridized carbons (Fsp3) is 0. The summed E-state index contributed by atoms with van der Waals surface area (Å²) in [5.74, 6) is 0. The van der Waals surface area contributed by atoms with Crippen LogP contribution in [0.5, 0.6) is 0 Å². The van der Waals surface area contributed by atoms with Crippen molar-refractivity contribution >= 4 is 34.6 Å². The van der Waals surface area contributed by atoms with Gasteiger partial charge < -0.3 is 11.5 Å². The van der Waals surface area contributed by atoms with Gasteiger partial charge in [0.1, 0.15) is 0 Å². The lowest BCUT2D eigenvalue weighted by Crippen LogP contribution is -1.91. The highest BCUT2D eigenvalue weighted by molar-refractivity contribution is 6.45. The number of hydrogen-bond acceptors (Lipinski definition) is 2. The number of benzene rings is 1. The molecule has 0 aliphatic heterocycles. The third kappa shape index (κ3) is 1.13. The zero-order valence-electron chi connectivity index (χ0n) is 5.07. The van der Waals surface area contributed by atoms with Gasteiger partial charge in [-0.05, 0) is 12.1 Å². The van der Waals surface area contributed by atoms with Crippen molar-refractivity contribution in [1.82, 2.24) is 0 Å². The Labute approximate surface area is 68.7 Å². The zero-order chi connectivity index (χ0) is 7.72. The first-order valence-electron chi connectivity index (χ1n) is 2.62. The molecule has 2 nitrogen and oxygen atoms in total. The summed E-state index contributed by atoms with van der Waals surface area (Å²) in [4.78, 5) is 0. The van der Waals surface area contributed by atoms with Crippen molar-refractivity contribution in [3.8, 4) is 0 Å². The number of nitrogens with two attached hydrogens (primary N) is 2. The van der Waals surface area contributed by atoms with Gasteiger partial charge in [-0.15, -0.1) is 0 Å². The van der Waals surface area contributed by atoms with Crippen molar-refractivity contribution in [3.63, 3.8) is 0 Å². The quantitative estimate of drug-likeness (QED) is 0.596. The van der Waals surface area contributed by atoms with Crippen LogP contribution in [-0.4, -0.2) is 0 Å². The minimum Gasteiger partial charge on any atom is -0.397 e. The van der Waals surface area contributed by atoms with E-state index in [2.05, 4.69) is 0 Å². The first-order chi connectivity index (χ1) is 4.63. The Balaban J connectivity index is 3.34. The Morgan fingerprint density at radius 3 is 1.50 bits per heavy atom. The summed E-state index contributed by atoms with van der Waals surface area (Å²) in [7, 11) is 0. The number of hydrogen-bond donors (Lipinski definition) is 2. The molecule has 0 fully saturated rings. The molecule has 0 radical (unpaired) electrons. The molecule has 0 bridgehead atoms. The van der Waals surface area contributed by atoms with Gasteiger partial charge >= 0.3 is 0 Å². The third-order valence-electron chi connectivity index (χ3n) is 1.14. The Hall–Kier alpha value is -0.600. The molecular weight excluding hydrogens is 171 g/mol. The second-order valence-corrected chi connectivity index (χ2v) is 2.63. The SMILES string of the molecule is Nc1ccc(N)c(Cl)c1Cl. The monoisotopic (exact) mass is 176 g/mol. The van der Waals surface area contributed by atoms with Crippen molar-refractivity contribution < 1.29 is 0 Å². The Kier molecular flexibility index (Phi) is 1.92. The molecule has 0 aromatic heterocycles. The predicted octanol–water partition coefficient (Wildman–Crippen LogP) is 2.16. The van der Waals surface area contributed by atoms with Gasteiger partial charge in [0.15, 0.2) is 0 Å². The van der Waals surface area contributed by atoms with Gasteiger partial charge in [-0.25, -0.2) is 0 Å². The average molecular weight is 177 g/mol. The van der Waals surface area contributed by atoms with E-state index in [4.69, 9.17) is 34.7 Å². The smallest absolute Gasteiger partial charge is 0.0842 e. The lowest BCUT2D eigenvalue weighted by molar-refractivity contribution is 1.66. The van der Waals surface area contributed by atoms with Gasteiger partial charge in [0, 0.05) is 0 Å². The van der Waals surface area contributed by atoms with Crippen LogP contribution in [0.15, 0.2) is 12.1 Å². The molecule has 1 rings (SSSR count). The van der Waals surface area contributed by atoms with Crippen molar-refractivity contribution in [3.05, 3.63) is 22.2 Å². The fourth-order valence-corrected chi connectivity index (χ4v) is 0.924.